The lowest BCUT2D eigenvalue weighted by molar-refractivity contribution is -0.112. The maximum absolute atomic E-state index is 12.6. The van der Waals surface area contributed by atoms with Crippen molar-refractivity contribution in [2.24, 2.45) is 0 Å². The third kappa shape index (κ3) is 5.33. The number of hydrogen-bond acceptors (Lipinski definition) is 3. The van der Waals surface area contributed by atoms with Crippen molar-refractivity contribution in [1.29, 1.82) is 5.26 Å². The van der Waals surface area contributed by atoms with E-state index in [0.717, 1.165) is 33.7 Å². The number of amides is 1. The molecule has 0 spiro atoms. The van der Waals surface area contributed by atoms with E-state index in [4.69, 9.17) is 4.74 Å². The number of benzene rings is 3. The highest BCUT2D eigenvalue weighted by Crippen LogP contribution is 2.21. The van der Waals surface area contributed by atoms with E-state index in [-0.39, 0.29) is 5.57 Å². The van der Waals surface area contributed by atoms with Crippen molar-refractivity contribution in [3.8, 4) is 11.8 Å². The first-order valence-corrected chi connectivity index (χ1v) is 9.33. The van der Waals surface area contributed by atoms with E-state index in [2.05, 4.69) is 5.32 Å². The molecule has 0 aliphatic carbocycles. The molecule has 0 aromatic heterocycles. The lowest BCUT2D eigenvalue weighted by atomic mass is 10.1. The van der Waals surface area contributed by atoms with Crippen molar-refractivity contribution < 1.29 is 9.53 Å². The first-order valence-electron chi connectivity index (χ1n) is 9.33. The molecule has 0 radical (unpaired) electrons. The Morgan fingerprint density at radius 3 is 2.24 bits per heavy atom. The summed E-state index contributed by atoms with van der Waals surface area (Å²) in [4.78, 5) is 12.6. The molecule has 1 N–H and O–H groups in total. The number of carbonyl (C=O) groups excluding carboxylic acids is 1. The van der Waals surface area contributed by atoms with Crippen molar-refractivity contribution in [2.75, 3.05) is 5.32 Å². The van der Waals surface area contributed by atoms with Gasteiger partial charge in [-0.1, -0.05) is 60.7 Å². The Morgan fingerprint density at radius 2 is 1.62 bits per heavy atom. The lowest BCUT2D eigenvalue weighted by Gasteiger charge is -2.11. The number of carbonyl (C=O) groups is 1. The van der Waals surface area contributed by atoms with Crippen molar-refractivity contribution >= 4 is 17.7 Å². The maximum Gasteiger partial charge on any atom is 0.266 e. The fourth-order valence-corrected chi connectivity index (χ4v) is 2.91. The van der Waals surface area contributed by atoms with Crippen molar-refractivity contribution in [2.45, 2.75) is 20.5 Å². The highest BCUT2D eigenvalue weighted by atomic mass is 16.5. The summed E-state index contributed by atoms with van der Waals surface area (Å²) in [5.41, 5.74) is 4.54. The SMILES string of the molecule is Cc1cccc(C)c1NC(=O)C(C#N)=Cc1ccc(OCc2ccccc2)cc1. The predicted octanol–water partition coefficient (Wildman–Crippen LogP) is 5.43. The van der Waals surface area contributed by atoms with Gasteiger partial charge in [-0.15, -0.1) is 0 Å². The van der Waals surface area contributed by atoms with Crippen LogP contribution in [0.25, 0.3) is 6.08 Å². The van der Waals surface area contributed by atoms with Crippen LogP contribution in [-0.4, -0.2) is 5.91 Å². The van der Waals surface area contributed by atoms with Gasteiger partial charge in [0.1, 0.15) is 24.0 Å². The molecular formula is C25H22N2O2. The van der Waals surface area contributed by atoms with E-state index in [1.807, 2.05) is 92.7 Å². The molecule has 0 saturated carbocycles. The first kappa shape index (κ1) is 19.9. The zero-order chi connectivity index (χ0) is 20.6. The molecule has 0 aliphatic heterocycles. The molecule has 144 valence electrons. The smallest absolute Gasteiger partial charge is 0.266 e. The monoisotopic (exact) mass is 382 g/mol. The minimum absolute atomic E-state index is 0.0469. The molecular weight excluding hydrogens is 360 g/mol. The van der Waals surface area contributed by atoms with Crippen LogP contribution in [0.3, 0.4) is 0 Å². The van der Waals surface area contributed by atoms with Gasteiger partial charge in [-0.2, -0.15) is 5.26 Å². The molecule has 0 unspecified atom stereocenters. The molecule has 3 rings (SSSR count). The number of anilines is 1. The quantitative estimate of drug-likeness (QED) is 0.457. The minimum atomic E-state index is -0.422. The summed E-state index contributed by atoms with van der Waals surface area (Å²) < 4.78 is 5.77. The van der Waals surface area contributed by atoms with Gasteiger partial charge in [0.15, 0.2) is 0 Å². The third-order valence-corrected chi connectivity index (χ3v) is 4.52. The van der Waals surface area contributed by atoms with Crippen LogP contribution in [0.1, 0.15) is 22.3 Å². The van der Waals surface area contributed by atoms with E-state index < -0.39 is 5.91 Å². The second kappa shape index (κ2) is 9.38. The van der Waals surface area contributed by atoms with Gasteiger partial charge in [-0.25, -0.2) is 0 Å². The van der Waals surface area contributed by atoms with E-state index in [1.165, 1.54) is 0 Å². The van der Waals surface area contributed by atoms with Crippen molar-refractivity contribution in [3.63, 3.8) is 0 Å². The Balaban J connectivity index is 1.68. The average molecular weight is 382 g/mol. The number of rotatable bonds is 6. The second-order valence-corrected chi connectivity index (χ2v) is 6.73. The van der Waals surface area contributed by atoms with Crippen molar-refractivity contribution in [1.82, 2.24) is 0 Å². The minimum Gasteiger partial charge on any atom is -0.489 e. The summed E-state index contributed by atoms with van der Waals surface area (Å²) in [5.74, 6) is 0.304. The molecule has 0 atom stereocenters. The standard InChI is InChI=1S/C25H22N2O2/c1-18-7-6-8-19(2)24(18)27-25(28)22(16-26)15-20-11-13-23(14-12-20)29-17-21-9-4-3-5-10-21/h3-15H,17H2,1-2H3,(H,27,28). The fraction of sp³-hybridized carbons (Fsp3) is 0.120. The van der Waals surface area contributed by atoms with Crippen LogP contribution >= 0.6 is 0 Å². The zero-order valence-electron chi connectivity index (χ0n) is 16.5. The average Bonchev–Trinajstić information content (AvgIpc) is 2.74. The maximum atomic E-state index is 12.6. The number of ether oxygens (including phenoxy) is 1. The van der Waals surface area contributed by atoms with E-state index in [0.29, 0.717) is 6.61 Å². The van der Waals surface area contributed by atoms with E-state index in [9.17, 15) is 10.1 Å². The Bertz CT molecular complexity index is 1040. The van der Waals surface area contributed by atoms with E-state index >= 15 is 0 Å². The number of para-hydroxylation sites is 1. The van der Waals surface area contributed by atoms with Crippen LogP contribution in [0.5, 0.6) is 5.75 Å². The van der Waals surface area contributed by atoms with Gasteiger partial charge < -0.3 is 10.1 Å². The highest BCUT2D eigenvalue weighted by Gasteiger charge is 2.12. The molecule has 4 heteroatoms. The van der Waals surface area contributed by atoms with Gasteiger partial charge in [0.05, 0.1) is 0 Å². The molecule has 0 fully saturated rings. The highest BCUT2D eigenvalue weighted by molar-refractivity contribution is 6.10. The predicted molar refractivity (Wildman–Crippen MR) is 115 cm³/mol. The number of nitrogens with zero attached hydrogens (tertiary/aromatic N) is 1. The van der Waals surface area contributed by atoms with Crippen LogP contribution < -0.4 is 10.1 Å². The first-order chi connectivity index (χ1) is 14.1. The Kier molecular flexibility index (Phi) is 6.44. The number of nitrogens with one attached hydrogen (secondary N) is 1. The van der Waals surface area contributed by atoms with Gasteiger partial charge in [0.25, 0.3) is 5.91 Å². The van der Waals surface area contributed by atoms with Crippen molar-refractivity contribution in [3.05, 3.63) is 101 Å². The van der Waals surface area contributed by atoms with Gasteiger partial charge in [0, 0.05) is 5.69 Å². The summed E-state index contributed by atoms with van der Waals surface area (Å²) in [5, 5.41) is 12.3. The molecule has 0 heterocycles. The molecule has 0 aliphatic rings. The number of aryl methyl sites for hydroxylation is 2. The van der Waals surface area contributed by atoms with Gasteiger partial charge >= 0.3 is 0 Å². The number of nitriles is 1. The molecule has 4 nitrogen and oxygen atoms in total. The number of hydrogen-bond donors (Lipinski definition) is 1. The van der Waals surface area contributed by atoms with E-state index in [1.54, 1.807) is 6.08 Å². The van der Waals surface area contributed by atoms with Gasteiger partial charge in [0.2, 0.25) is 0 Å². The van der Waals surface area contributed by atoms with Gasteiger partial charge in [-0.05, 0) is 54.3 Å². The summed E-state index contributed by atoms with van der Waals surface area (Å²) in [6.07, 6.45) is 1.57. The second-order valence-electron chi connectivity index (χ2n) is 6.73. The van der Waals surface area contributed by atoms with Crippen LogP contribution in [0.2, 0.25) is 0 Å². The molecule has 29 heavy (non-hydrogen) atoms. The summed E-state index contributed by atoms with van der Waals surface area (Å²) in [7, 11) is 0. The molecule has 0 saturated heterocycles. The van der Waals surface area contributed by atoms with Crippen LogP contribution in [0.15, 0.2) is 78.4 Å². The van der Waals surface area contributed by atoms with Crippen LogP contribution in [0.4, 0.5) is 5.69 Å². The fourth-order valence-electron chi connectivity index (χ4n) is 2.91. The molecule has 1 amide bonds. The zero-order valence-corrected chi connectivity index (χ0v) is 16.5. The van der Waals surface area contributed by atoms with Crippen LogP contribution in [0, 0.1) is 25.2 Å². The van der Waals surface area contributed by atoms with Gasteiger partial charge in [-0.3, -0.25) is 4.79 Å². The normalized spacial score (nSPS) is 10.9. The summed E-state index contributed by atoms with van der Waals surface area (Å²) >= 11 is 0. The molecule has 0 bridgehead atoms. The molecule has 3 aromatic rings. The largest absolute Gasteiger partial charge is 0.489 e. The Labute approximate surface area is 171 Å². The molecule has 3 aromatic carbocycles. The Hall–Kier alpha value is -3.84. The topological polar surface area (TPSA) is 62.1 Å². The summed E-state index contributed by atoms with van der Waals surface area (Å²) in [6, 6.07) is 25.0. The third-order valence-electron chi connectivity index (χ3n) is 4.52. The summed E-state index contributed by atoms with van der Waals surface area (Å²) in [6.45, 7) is 4.33. The lowest BCUT2D eigenvalue weighted by Crippen LogP contribution is -2.15. The van der Waals surface area contributed by atoms with Crippen LogP contribution in [-0.2, 0) is 11.4 Å². The Morgan fingerprint density at radius 1 is 0.966 bits per heavy atom.